The first-order valence-corrected chi connectivity index (χ1v) is 16.0. The van der Waals surface area contributed by atoms with Gasteiger partial charge in [0, 0.05) is 27.0 Å². The fourth-order valence-electron chi connectivity index (χ4n) is 5.59. The Kier molecular flexibility index (Phi) is 8.97. The second-order valence-electron chi connectivity index (χ2n) is 11.9. The molecule has 5 rings (SSSR count). The Labute approximate surface area is 254 Å². The predicted molar refractivity (Wildman–Crippen MR) is 172 cm³/mol. The summed E-state index contributed by atoms with van der Waals surface area (Å²) in [5.41, 5.74) is 4.09. The molecule has 2 atom stereocenters. The fourth-order valence-corrected chi connectivity index (χ4v) is 7.78. The van der Waals surface area contributed by atoms with E-state index >= 15 is 0 Å². The van der Waals surface area contributed by atoms with Gasteiger partial charge in [0.15, 0.2) is 0 Å². The Morgan fingerprint density at radius 2 is 1.81 bits per heavy atom. The van der Waals surface area contributed by atoms with Gasteiger partial charge in [0.2, 0.25) is 0 Å². The molecule has 42 heavy (non-hydrogen) atoms. The van der Waals surface area contributed by atoms with Gasteiger partial charge < -0.3 is 10.2 Å². The number of benzene rings is 3. The van der Waals surface area contributed by atoms with Crippen molar-refractivity contribution in [2.75, 3.05) is 5.75 Å². The number of aromatic nitrogens is 1. The lowest BCUT2D eigenvalue weighted by Gasteiger charge is -2.24. The highest BCUT2D eigenvalue weighted by molar-refractivity contribution is 7.85. The summed E-state index contributed by atoms with van der Waals surface area (Å²) >= 11 is 6.16. The molecule has 1 aliphatic rings. The van der Waals surface area contributed by atoms with Crippen molar-refractivity contribution in [3.8, 4) is 0 Å². The Morgan fingerprint density at radius 1 is 1.05 bits per heavy atom. The zero-order chi connectivity index (χ0) is 29.9. The van der Waals surface area contributed by atoms with E-state index < -0.39 is 22.4 Å². The fraction of sp³-hybridized carbons (Fsp3) is 0.314. The first kappa shape index (κ1) is 30.1. The van der Waals surface area contributed by atoms with Crippen LogP contribution in [0.3, 0.4) is 0 Å². The van der Waals surface area contributed by atoms with Gasteiger partial charge in [-0.05, 0) is 91.5 Å². The number of aliphatic hydroxyl groups is 1. The number of halogens is 1. The maximum absolute atomic E-state index is 14.0. The van der Waals surface area contributed by atoms with Crippen LogP contribution in [-0.4, -0.2) is 31.1 Å². The monoisotopic (exact) mass is 601 g/mol. The molecule has 0 aliphatic heterocycles. The Bertz CT molecular complexity index is 1650. The summed E-state index contributed by atoms with van der Waals surface area (Å²) in [5.74, 6) is -0.461. The summed E-state index contributed by atoms with van der Waals surface area (Å²) in [6.07, 6.45) is 6.86. The maximum Gasteiger partial charge on any atom is 0.303 e. The number of hydrogen-bond donors (Lipinski definition) is 2. The zero-order valence-electron chi connectivity index (χ0n) is 23.9. The van der Waals surface area contributed by atoms with Crippen LogP contribution < -0.4 is 0 Å². The molecular formula is C35H36ClNO4S. The average molecular weight is 602 g/mol. The number of pyridine rings is 1. The van der Waals surface area contributed by atoms with Gasteiger partial charge in [-0.3, -0.25) is 9.00 Å². The molecule has 3 aromatic carbocycles. The van der Waals surface area contributed by atoms with E-state index in [-0.39, 0.29) is 17.1 Å². The molecule has 1 heterocycles. The molecule has 0 radical (unpaired) electrons. The number of carboxylic acid groups (broad SMARTS) is 1. The quantitative estimate of drug-likeness (QED) is 0.172. The van der Waals surface area contributed by atoms with E-state index in [0.717, 1.165) is 51.7 Å². The topological polar surface area (TPSA) is 87.5 Å². The number of aryl methyl sites for hydroxylation is 1. The van der Waals surface area contributed by atoms with E-state index in [2.05, 4.69) is 6.07 Å². The Balaban J connectivity index is 1.41. The molecule has 0 amide bonds. The molecule has 4 aromatic rings. The smallest absolute Gasteiger partial charge is 0.303 e. The normalized spacial score (nSPS) is 16.0. The molecule has 1 aliphatic carbocycles. The lowest BCUT2D eigenvalue weighted by atomic mass is 9.90. The third kappa shape index (κ3) is 7.54. The van der Waals surface area contributed by atoms with Gasteiger partial charge >= 0.3 is 5.97 Å². The molecule has 1 unspecified atom stereocenters. The number of hydrogen-bond acceptors (Lipinski definition) is 4. The second kappa shape index (κ2) is 12.5. The van der Waals surface area contributed by atoms with Gasteiger partial charge in [0.05, 0.1) is 28.5 Å². The van der Waals surface area contributed by atoms with Crippen molar-refractivity contribution in [3.05, 3.63) is 112 Å². The van der Waals surface area contributed by atoms with Gasteiger partial charge in [0.25, 0.3) is 0 Å². The third-order valence-electron chi connectivity index (χ3n) is 8.01. The minimum Gasteiger partial charge on any atom is -0.481 e. The Morgan fingerprint density at radius 3 is 2.55 bits per heavy atom. The molecular weight excluding hydrogens is 566 g/mol. The van der Waals surface area contributed by atoms with Gasteiger partial charge in [0.1, 0.15) is 0 Å². The standard InChI is InChI=1S/C35H36ClNO4S/c1-34(2,40)30-9-4-3-7-25(30)13-17-32(42(41)23-35(18-19-35)22-33(38)39)27-8-5-6-24(20-27)10-15-29-16-12-26-11-14-28(36)21-31(26)37-29/h3-12,14-16,20-21,32,40H,13,17-19,22-23H2,1-2H3,(H,38,39)/t32?,42-/m1/s1. The minimum atomic E-state index is -1.27. The van der Waals surface area contributed by atoms with Crippen molar-refractivity contribution in [1.29, 1.82) is 0 Å². The van der Waals surface area contributed by atoms with E-state index in [9.17, 15) is 19.2 Å². The van der Waals surface area contributed by atoms with Gasteiger partial charge in [-0.1, -0.05) is 78.3 Å². The lowest BCUT2D eigenvalue weighted by molar-refractivity contribution is -0.138. The highest BCUT2D eigenvalue weighted by atomic mass is 35.5. The van der Waals surface area contributed by atoms with E-state index in [1.165, 1.54) is 0 Å². The molecule has 1 saturated carbocycles. The van der Waals surface area contributed by atoms with Crippen molar-refractivity contribution < 1.29 is 19.2 Å². The van der Waals surface area contributed by atoms with Crippen LogP contribution in [0.2, 0.25) is 5.02 Å². The largest absolute Gasteiger partial charge is 0.481 e. The van der Waals surface area contributed by atoms with Crippen LogP contribution in [0.4, 0.5) is 0 Å². The number of fused-ring (bicyclic) bond motifs is 1. The van der Waals surface area contributed by atoms with E-state index in [1.807, 2.05) is 84.9 Å². The molecule has 1 fully saturated rings. The summed E-state index contributed by atoms with van der Waals surface area (Å²) in [6, 6.07) is 25.5. The summed E-state index contributed by atoms with van der Waals surface area (Å²) in [4.78, 5) is 16.2. The van der Waals surface area contributed by atoms with Crippen LogP contribution in [0.1, 0.15) is 72.7 Å². The van der Waals surface area contributed by atoms with Crippen molar-refractivity contribution in [2.45, 2.75) is 56.8 Å². The maximum atomic E-state index is 14.0. The van der Waals surface area contributed by atoms with Crippen molar-refractivity contribution in [2.24, 2.45) is 5.41 Å². The van der Waals surface area contributed by atoms with E-state index in [4.69, 9.17) is 16.6 Å². The van der Waals surface area contributed by atoms with E-state index in [1.54, 1.807) is 13.8 Å². The third-order valence-corrected chi connectivity index (χ3v) is 10.3. The number of nitrogens with zero attached hydrogens (tertiary/aromatic N) is 1. The minimum absolute atomic E-state index is 0.0553. The zero-order valence-corrected chi connectivity index (χ0v) is 25.5. The van der Waals surface area contributed by atoms with Crippen molar-refractivity contribution in [1.82, 2.24) is 4.98 Å². The van der Waals surface area contributed by atoms with Crippen LogP contribution >= 0.6 is 11.6 Å². The predicted octanol–water partition coefficient (Wildman–Crippen LogP) is 7.96. The van der Waals surface area contributed by atoms with Crippen LogP contribution in [0, 0.1) is 5.41 Å². The van der Waals surface area contributed by atoms with Gasteiger partial charge in [-0.2, -0.15) is 0 Å². The molecule has 5 nitrogen and oxygen atoms in total. The first-order chi connectivity index (χ1) is 20.0. The number of carboxylic acids is 1. The summed E-state index contributed by atoms with van der Waals surface area (Å²) < 4.78 is 14.0. The highest BCUT2D eigenvalue weighted by Crippen LogP contribution is 2.50. The van der Waals surface area contributed by atoms with Crippen LogP contribution in [0.25, 0.3) is 23.1 Å². The molecule has 2 N–H and O–H groups in total. The van der Waals surface area contributed by atoms with Crippen LogP contribution in [0.15, 0.2) is 78.9 Å². The molecule has 0 saturated heterocycles. The average Bonchev–Trinajstić information content (AvgIpc) is 3.69. The molecule has 0 bridgehead atoms. The van der Waals surface area contributed by atoms with Crippen molar-refractivity contribution in [3.63, 3.8) is 0 Å². The number of carbonyl (C=O) groups is 1. The van der Waals surface area contributed by atoms with E-state index in [0.29, 0.717) is 23.6 Å². The summed E-state index contributed by atoms with van der Waals surface area (Å²) in [7, 11) is -1.27. The van der Waals surface area contributed by atoms with Gasteiger partial charge in [-0.15, -0.1) is 0 Å². The highest BCUT2D eigenvalue weighted by Gasteiger charge is 2.46. The second-order valence-corrected chi connectivity index (χ2v) is 14.0. The summed E-state index contributed by atoms with van der Waals surface area (Å²) in [5, 5.41) is 21.6. The summed E-state index contributed by atoms with van der Waals surface area (Å²) in [6.45, 7) is 3.55. The lowest BCUT2D eigenvalue weighted by Crippen LogP contribution is -2.22. The molecule has 1 aromatic heterocycles. The Hall–Kier alpha value is -3.32. The first-order valence-electron chi connectivity index (χ1n) is 14.3. The number of aliphatic carboxylic acids is 1. The number of rotatable bonds is 12. The van der Waals surface area contributed by atoms with Crippen LogP contribution in [-0.2, 0) is 27.6 Å². The molecule has 218 valence electrons. The molecule has 7 heteroatoms. The van der Waals surface area contributed by atoms with Crippen molar-refractivity contribution >= 4 is 51.4 Å². The molecule has 0 spiro atoms. The van der Waals surface area contributed by atoms with Gasteiger partial charge in [-0.25, -0.2) is 4.98 Å². The van der Waals surface area contributed by atoms with Crippen LogP contribution in [0.5, 0.6) is 0 Å². The SMILES string of the molecule is CC(C)(O)c1ccccc1CCC(c1cccc(C=Cc2ccc3ccc(Cl)cc3n2)c1)[S@](=O)CC1(CC(=O)O)CC1.